The zero-order valence-electron chi connectivity index (χ0n) is 14.4. The van der Waals surface area contributed by atoms with Crippen LogP contribution in [-0.4, -0.2) is 48.1 Å². The van der Waals surface area contributed by atoms with E-state index in [1.807, 2.05) is 11.8 Å². The Morgan fingerprint density at radius 2 is 2.20 bits per heavy atom. The fraction of sp³-hybridized carbons (Fsp3) is 0.529. The number of hydrogen-bond donors (Lipinski definition) is 3. The number of phenols is 1. The maximum atomic E-state index is 13.3. The Labute approximate surface area is 164 Å². The molecule has 1 aromatic rings. The van der Waals surface area contributed by atoms with Crippen molar-refractivity contribution in [3.8, 4) is 5.75 Å². The van der Waals surface area contributed by atoms with Gasteiger partial charge < -0.3 is 20.6 Å². The molecule has 0 aliphatic carbocycles. The lowest BCUT2D eigenvalue weighted by Crippen LogP contribution is -2.39. The number of hydrogen-bond acceptors (Lipinski definition) is 3. The van der Waals surface area contributed by atoms with Gasteiger partial charge in [0.05, 0.1) is 6.54 Å². The van der Waals surface area contributed by atoms with E-state index in [2.05, 4.69) is 15.6 Å². The summed E-state index contributed by atoms with van der Waals surface area (Å²) in [5, 5.41) is 15.5. The fourth-order valence-electron chi connectivity index (χ4n) is 2.58. The number of nitrogens with one attached hydrogen (secondary N) is 2. The van der Waals surface area contributed by atoms with Crippen molar-refractivity contribution in [3.63, 3.8) is 0 Å². The molecule has 1 heterocycles. The molecule has 1 aliphatic heterocycles. The van der Waals surface area contributed by atoms with Crippen LogP contribution in [0.2, 0.25) is 0 Å². The monoisotopic (exact) mass is 464 g/mol. The van der Waals surface area contributed by atoms with Gasteiger partial charge in [0.2, 0.25) is 5.91 Å². The Morgan fingerprint density at radius 3 is 2.84 bits per heavy atom. The van der Waals surface area contributed by atoms with Crippen LogP contribution in [0, 0.1) is 5.82 Å². The highest BCUT2D eigenvalue weighted by atomic mass is 127. The van der Waals surface area contributed by atoms with Crippen molar-refractivity contribution < 1.29 is 14.3 Å². The molecule has 6 nitrogen and oxygen atoms in total. The number of benzene rings is 1. The fourth-order valence-corrected chi connectivity index (χ4v) is 2.58. The number of carbonyl (C=O) groups is 1. The average Bonchev–Trinajstić information content (AvgIpc) is 2.97. The minimum Gasteiger partial charge on any atom is -0.505 e. The largest absolute Gasteiger partial charge is 0.505 e. The molecule has 0 aromatic heterocycles. The maximum absolute atomic E-state index is 13.3. The topological polar surface area (TPSA) is 77.0 Å². The second kappa shape index (κ2) is 11.1. The number of aromatic hydroxyl groups is 1. The first-order valence-electron chi connectivity index (χ1n) is 8.37. The molecule has 140 valence electrons. The first kappa shape index (κ1) is 21.5. The van der Waals surface area contributed by atoms with E-state index in [-0.39, 0.29) is 35.6 Å². The first-order chi connectivity index (χ1) is 11.6. The Bertz CT molecular complexity index is 598. The molecule has 25 heavy (non-hydrogen) atoms. The lowest BCUT2D eigenvalue weighted by atomic mass is 10.2. The second-order valence-corrected chi connectivity index (χ2v) is 5.75. The predicted molar refractivity (Wildman–Crippen MR) is 107 cm³/mol. The van der Waals surface area contributed by atoms with Gasteiger partial charge in [-0.25, -0.2) is 9.38 Å². The van der Waals surface area contributed by atoms with Crippen LogP contribution >= 0.6 is 24.0 Å². The van der Waals surface area contributed by atoms with Crippen LogP contribution in [0.25, 0.3) is 0 Å². The van der Waals surface area contributed by atoms with Gasteiger partial charge in [-0.1, -0.05) is 6.07 Å². The van der Waals surface area contributed by atoms with Gasteiger partial charge in [-0.05, 0) is 37.5 Å². The van der Waals surface area contributed by atoms with Crippen molar-refractivity contribution in [2.75, 3.05) is 26.2 Å². The van der Waals surface area contributed by atoms with E-state index < -0.39 is 5.82 Å². The SMILES string of the molecule is CCNC(=NCc1ccc(O)c(F)c1)NCCCN1CCCC1=O.I. The van der Waals surface area contributed by atoms with E-state index in [1.165, 1.54) is 12.1 Å². The lowest BCUT2D eigenvalue weighted by molar-refractivity contribution is -0.127. The second-order valence-electron chi connectivity index (χ2n) is 5.75. The summed E-state index contributed by atoms with van der Waals surface area (Å²) in [6.07, 6.45) is 2.48. The number of phenolic OH excluding ortho intramolecular Hbond substituents is 1. The van der Waals surface area contributed by atoms with Crippen molar-refractivity contribution in [1.82, 2.24) is 15.5 Å². The van der Waals surface area contributed by atoms with Gasteiger partial charge in [-0.2, -0.15) is 0 Å². The van der Waals surface area contributed by atoms with Gasteiger partial charge in [0, 0.05) is 32.6 Å². The van der Waals surface area contributed by atoms with Gasteiger partial charge in [0.1, 0.15) is 0 Å². The third-order valence-electron chi connectivity index (χ3n) is 3.84. The molecule has 1 fully saturated rings. The van der Waals surface area contributed by atoms with Crippen molar-refractivity contribution in [2.45, 2.75) is 32.7 Å². The Hall–Kier alpha value is -1.58. The molecular formula is C17H26FIN4O2. The van der Waals surface area contributed by atoms with Crippen LogP contribution in [0.1, 0.15) is 31.7 Å². The Morgan fingerprint density at radius 1 is 1.40 bits per heavy atom. The van der Waals surface area contributed by atoms with Crippen LogP contribution in [0.3, 0.4) is 0 Å². The molecule has 1 aliphatic rings. The van der Waals surface area contributed by atoms with Gasteiger partial charge in [0.15, 0.2) is 17.5 Å². The molecule has 0 unspecified atom stereocenters. The molecule has 1 saturated heterocycles. The first-order valence-corrected chi connectivity index (χ1v) is 8.37. The number of halogens is 2. The number of rotatable bonds is 7. The van der Waals surface area contributed by atoms with Crippen molar-refractivity contribution in [1.29, 1.82) is 0 Å². The van der Waals surface area contributed by atoms with Gasteiger partial charge in [-0.3, -0.25) is 4.79 Å². The van der Waals surface area contributed by atoms with Gasteiger partial charge in [0.25, 0.3) is 0 Å². The molecule has 1 amide bonds. The minimum atomic E-state index is -0.643. The van der Waals surface area contributed by atoms with Crippen molar-refractivity contribution >= 4 is 35.8 Å². The normalized spacial score (nSPS) is 14.4. The van der Waals surface area contributed by atoms with Crippen molar-refractivity contribution in [2.24, 2.45) is 4.99 Å². The highest BCUT2D eigenvalue weighted by Crippen LogP contribution is 2.16. The number of likely N-dealkylation sites (tertiary alicyclic amines) is 1. The molecule has 3 N–H and O–H groups in total. The lowest BCUT2D eigenvalue weighted by Gasteiger charge is -2.16. The van der Waals surface area contributed by atoms with E-state index in [1.54, 1.807) is 6.07 Å². The summed E-state index contributed by atoms with van der Waals surface area (Å²) in [5.41, 5.74) is 0.685. The third kappa shape index (κ3) is 7.05. The summed E-state index contributed by atoms with van der Waals surface area (Å²) in [5.74, 6) is -0.108. The zero-order valence-corrected chi connectivity index (χ0v) is 16.8. The molecule has 8 heteroatoms. The minimum absolute atomic E-state index is 0. The van der Waals surface area contributed by atoms with E-state index in [4.69, 9.17) is 0 Å². The summed E-state index contributed by atoms with van der Waals surface area (Å²) >= 11 is 0. The molecule has 0 atom stereocenters. The standard InChI is InChI=1S/C17H25FN4O2.HI/c1-2-19-17(20-8-4-10-22-9-3-5-16(22)24)21-12-13-6-7-15(23)14(18)11-13;/h6-7,11,23H,2-5,8-10,12H2,1H3,(H2,19,20,21);1H. The molecular weight excluding hydrogens is 438 g/mol. The number of carbonyl (C=O) groups excluding carboxylic acids is 1. The van der Waals surface area contributed by atoms with Crippen molar-refractivity contribution in [3.05, 3.63) is 29.6 Å². The van der Waals surface area contributed by atoms with Crippen LogP contribution < -0.4 is 10.6 Å². The molecule has 0 radical (unpaired) electrons. The summed E-state index contributed by atoms with van der Waals surface area (Å²) in [6.45, 7) is 5.34. The van der Waals surface area contributed by atoms with E-state index >= 15 is 0 Å². The Kier molecular flexibility index (Phi) is 9.54. The van der Waals surface area contributed by atoms with Crippen LogP contribution in [-0.2, 0) is 11.3 Å². The molecule has 0 spiro atoms. The zero-order chi connectivity index (χ0) is 17.4. The quantitative estimate of drug-likeness (QED) is 0.250. The smallest absolute Gasteiger partial charge is 0.222 e. The van der Waals surface area contributed by atoms with Gasteiger partial charge >= 0.3 is 0 Å². The molecule has 2 rings (SSSR count). The summed E-state index contributed by atoms with van der Waals surface area (Å²) in [6, 6.07) is 4.25. The molecule has 0 bridgehead atoms. The predicted octanol–water partition coefficient (Wildman–Crippen LogP) is 2.22. The highest BCUT2D eigenvalue weighted by Gasteiger charge is 2.18. The Balaban J connectivity index is 0.00000312. The number of guanidine groups is 1. The van der Waals surface area contributed by atoms with E-state index in [0.29, 0.717) is 31.0 Å². The number of aliphatic imine (C=N–C) groups is 1. The number of nitrogens with zero attached hydrogens (tertiary/aromatic N) is 2. The highest BCUT2D eigenvalue weighted by molar-refractivity contribution is 14.0. The maximum Gasteiger partial charge on any atom is 0.222 e. The van der Waals surface area contributed by atoms with Crippen LogP contribution in [0.15, 0.2) is 23.2 Å². The van der Waals surface area contributed by atoms with E-state index in [0.717, 1.165) is 32.5 Å². The van der Waals surface area contributed by atoms with Crippen LogP contribution in [0.4, 0.5) is 4.39 Å². The van der Waals surface area contributed by atoms with E-state index in [9.17, 15) is 14.3 Å². The summed E-state index contributed by atoms with van der Waals surface area (Å²) in [7, 11) is 0. The molecule has 1 aromatic carbocycles. The van der Waals surface area contributed by atoms with Crippen LogP contribution in [0.5, 0.6) is 5.75 Å². The average molecular weight is 464 g/mol. The van der Waals surface area contributed by atoms with Gasteiger partial charge in [-0.15, -0.1) is 24.0 Å². The third-order valence-corrected chi connectivity index (χ3v) is 3.84. The summed E-state index contributed by atoms with van der Waals surface area (Å²) in [4.78, 5) is 17.8. The molecule has 0 saturated carbocycles. The number of amides is 1. The summed E-state index contributed by atoms with van der Waals surface area (Å²) < 4.78 is 13.3.